The van der Waals surface area contributed by atoms with Gasteiger partial charge in [0, 0.05) is 12.5 Å². The Morgan fingerprint density at radius 1 is 1.80 bits per heavy atom. The quantitative estimate of drug-likeness (QED) is 0.427. The average Bonchev–Trinajstić information content (AvgIpc) is 2.34. The zero-order valence-corrected chi connectivity index (χ0v) is 5.32. The maximum atomic E-state index is 9.79. The smallest absolute Gasteiger partial charge is 0.238 e. The summed E-state index contributed by atoms with van der Waals surface area (Å²) < 4.78 is 4.97. The molecule has 0 atom stereocenters. The summed E-state index contributed by atoms with van der Waals surface area (Å²) in [5, 5.41) is 9.79. The van der Waals surface area contributed by atoms with E-state index in [9.17, 15) is 10.1 Å². The van der Waals surface area contributed by atoms with Gasteiger partial charge in [-0.15, -0.1) is 0 Å². The standard InChI is InChI=1S/C6H7NO3/c8-7(9)4-3-6-2-1-5-10-6/h2-4H,1,5H2/b4-3+. The van der Waals surface area contributed by atoms with Gasteiger partial charge in [-0.25, -0.2) is 0 Å². The van der Waals surface area contributed by atoms with Crippen LogP contribution in [0.15, 0.2) is 24.1 Å². The molecule has 0 bridgehead atoms. The molecule has 1 rings (SSSR count). The first-order valence-corrected chi connectivity index (χ1v) is 2.94. The van der Waals surface area contributed by atoms with Gasteiger partial charge < -0.3 is 4.74 Å². The van der Waals surface area contributed by atoms with Gasteiger partial charge in [-0.1, -0.05) is 0 Å². The van der Waals surface area contributed by atoms with Gasteiger partial charge in [0.15, 0.2) is 0 Å². The Morgan fingerprint density at radius 2 is 2.60 bits per heavy atom. The number of allylic oxidation sites excluding steroid dienone is 1. The molecule has 10 heavy (non-hydrogen) atoms. The van der Waals surface area contributed by atoms with Crippen molar-refractivity contribution in [3.8, 4) is 0 Å². The topological polar surface area (TPSA) is 52.4 Å². The van der Waals surface area contributed by atoms with Crippen LogP contribution < -0.4 is 0 Å². The lowest BCUT2D eigenvalue weighted by Gasteiger charge is -1.91. The molecule has 1 aliphatic heterocycles. The highest BCUT2D eigenvalue weighted by Crippen LogP contribution is 2.09. The molecule has 0 aromatic carbocycles. The van der Waals surface area contributed by atoms with E-state index < -0.39 is 4.92 Å². The fourth-order valence-corrected chi connectivity index (χ4v) is 0.687. The Bertz CT molecular complexity index is 195. The molecular weight excluding hydrogens is 134 g/mol. The predicted octanol–water partition coefficient (Wildman–Crippen LogP) is 1.08. The van der Waals surface area contributed by atoms with Gasteiger partial charge in [0.1, 0.15) is 5.76 Å². The molecule has 0 radical (unpaired) electrons. The fraction of sp³-hybridized carbons (Fsp3) is 0.333. The maximum absolute atomic E-state index is 9.79. The molecule has 0 N–H and O–H groups in total. The van der Waals surface area contributed by atoms with E-state index in [-0.39, 0.29) is 0 Å². The van der Waals surface area contributed by atoms with Crippen LogP contribution in [0.25, 0.3) is 0 Å². The van der Waals surface area contributed by atoms with E-state index >= 15 is 0 Å². The first-order chi connectivity index (χ1) is 4.79. The molecule has 0 spiro atoms. The van der Waals surface area contributed by atoms with E-state index in [1.165, 1.54) is 6.08 Å². The van der Waals surface area contributed by atoms with Crippen LogP contribution >= 0.6 is 0 Å². The van der Waals surface area contributed by atoms with E-state index in [0.717, 1.165) is 12.6 Å². The second-order valence-corrected chi connectivity index (χ2v) is 1.84. The van der Waals surface area contributed by atoms with Crippen LogP contribution in [0.1, 0.15) is 6.42 Å². The van der Waals surface area contributed by atoms with E-state index in [0.29, 0.717) is 12.4 Å². The molecule has 4 heteroatoms. The van der Waals surface area contributed by atoms with Crippen molar-refractivity contribution in [3.63, 3.8) is 0 Å². The average molecular weight is 141 g/mol. The second kappa shape index (κ2) is 3.00. The SMILES string of the molecule is O=[N+]([O-])/C=C/C1=CCCO1. The molecule has 0 fully saturated rings. The highest BCUT2D eigenvalue weighted by Gasteiger charge is 2.01. The minimum absolute atomic E-state index is 0.511. The van der Waals surface area contributed by atoms with Crippen LogP contribution in [0.3, 0.4) is 0 Å². The molecule has 1 aliphatic rings. The molecule has 0 saturated heterocycles. The molecule has 0 aromatic rings. The van der Waals surface area contributed by atoms with Crippen molar-refractivity contribution in [1.82, 2.24) is 0 Å². The Balaban J connectivity index is 2.44. The van der Waals surface area contributed by atoms with Crippen molar-refractivity contribution in [2.45, 2.75) is 6.42 Å². The Hall–Kier alpha value is -1.32. The third-order valence-electron chi connectivity index (χ3n) is 1.09. The predicted molar refractivity (Wildman–Crippen MR) is 34.8 cm³/mol. The fourth-order valence-electron chi connectivity index (χ4n) is 0.687. The summed E-state index contributed by atoms with van der Waals surface area (Å²) in [4.78, 5) is 9.28. The molecule has 0 aliphatic carbocycles. The first kappa shape index (κ1) is 6.80. The van der Waals surface area contributed by atoms with Crippen molar-refractivity contribution in [2.24, 2.45) is 0 Å². The second-order valence-electron chi connectivity index (χ2n) is 1.84. The lowest BCUT2D eigenvalue weighted by molar-refractivity contribution is -0.402. The minimum atomic E-state index is -0.511. The number of nitro groups is 1. The maximum Gasteiger partial charge on any atom is 0.238 e. The summed E-state index contributed by atoms with van der Waals surface area (Å²) in [6.07, 6.45) is 4.89. The summed E-state index contributed by atoms with van der Waals surface area (Å²) in [7, 11) is 0. The van der Waals surface area contributed by atoms with Crippen molar-refractivity contribution < 1.29 is 9.66 Å². The van der Waals surface area contributed by atoms with Crippen molar-refractivity contribution in [1.29, 1.82) is 0 Å². The van der Waals surface area contributed by atoms with Gasteiger partial charge in [-0.3, -0.25) is 10.1 Å². The molecule has 0 unspecified atom stereocenters. The molecule has 1 heterocycles. The van der Waals surface area contributed by atoms with Crippen LogP contribution in [0.2, 0.25) is 0 Å². The zero-order valence-electron chi connectivity index (χ0n) is 5.32. The van der Waals surface area contributed by atoms with Gasteiger partial charge >= 0.3 is 0 Å². The zero-order chi connectivity index (χ0) is 7.40. The van der Waals surface area contributed by atoms with Crippen LogP contribution in [0.5, 0.6) is 0 Å². The van der Waals surface area contributed by atoms with Gasteiger partial charge in [-0.2, -0.15) is 0 Å². The molecular formula is C6H7NO3. The normalized spacial score (nSPS) is 17.0. The van der Waals surface area contributed by atoms with Gasteiger partial charge in [0.25, 0.3) is 0 Å². The summed E-state index contributed by atoms with van der Waals surface area (Å²) >= 11 is 0. The Labute approximate surface area is 57.9 Å². The van der Waals surface area contributed by atoms with Gasteiger partial charge in [0.2, 0.25) is 6.20 Å². The highest BCUT2D eigenvalue weighted by molar-refractivity contribution is 5.12. The Kier molecular flexibility index (Phi) is 2.04. The lowest BCUT2D eigenvalue weighted by atomic mass is 10.4. The summed E-state index contributed by atoms with van der Waals surface area (Å²) in [5.41, 5.74) is 0. The largest absolute Gasteiger partial charge is 0.493 e. The van der Waals surface area contributed by atoms with Crippen molar-refractivity contribution >= 4 is 0 Å². The van der Waals surface area contributed by atoms with Crippen LogP contribution in [-0.4, -0.2) is 11.5 Å². The number of nitrogens with zero attached hydrogens (tertiary/aromatic N) is 1. The number of hydrogen-bond donors (Lipinski definition) is 0. The summed E-state index contributed by atoms with van der Waals surface area (Å²) in [5.74, 6) is 0.594. The number of ether oxygens (including phenoxy) is 1. The molecule has 54 valence electrons. The molecule has 0 aromatic heterocycles. The third-order valence-corrected chi connectivity index (χ3v) is 1.09. The van der Waals surface area contributed by atoms with Crippen LogP contribution in [0.4, 0.5) is 0 Å². The summed E-state index contributed by atoms with van der Waals surface area (Å²) in [6, 6.07) is 0. The van der Waals surface area contributed by atoms with Gasteiger partial charge in [0.05, 0.1) is 11.5 Å². The first-order valence-electron chi connectivity index (χ1n) is 2.94. The van der Waals surface area contributed by atoms with E-state index in [1.807, 2.05) is 6.08 Å². The minimum Gasteiger partial charge on any atom is -0.493 e. The van der Waals surface area contributed by atoms with E-state index in [4.69, 9.17) is 4.74 Å². The van der Waals surface area contributed by atoms with Crippen LogP contribution in [-0.2, 0) is 4.74 Å². The number of rotatable bonds is 2. The Morgan fingerprint density at radius 3 is 3.10 bits per heavy atom. The number of hydrogen-bond acceptors (Lipinski definition) is 3. The van der Waals surface area contributed by atoms with Crippen LogP contribution in [0, 0.1) is 10.1 Å². The molecule has 4 nitrogen and oxygen atoms in total. The summed E-state index contributed by atoms with van der Waals surface area (Å²) in [6.45, 7) is 0.636. The highest BCUT2D eigenvalue weighted by atomic mass is 16.6. The molecule has 0 amide bonds. The van der Waals surface area contributed by atoms with Crippen molar-refractivity contribution in [2.75, 3.05) is 6.61 Å². The van der Waals surface area contributed by atoms with Crippen molar-refractivity contribution in [3.05, 3.63) is 34.2 Å². The van der Waals surface area contributed by atoms with Gasteiger partial charge in [-0.05, 0) is 6.08 Å². The monoisotopic (exact) mass is 141 g/mol. The van der Waals surface area contributed by atoms with E-state index in [2.05, 4.69) is 0 Å². The van der Waals surface area contributed by atoms with E-state index in [1.54, 1.807) is 0 Å². The molecule has 0 saturated carbocycles. The third kappa shape index (κ3) is 1.89. The lowest BCUT2D eigenvalue weighted by Crippen LogP contribution is -1.85.